The van der Waals surface area contributed by atoms with Crippen LogP contribution in [0.25, 0.3) is 0 Å². The number of phenols is 1. The van der Waals surface area contributed by atoms with E-state index in [9.17, 15) is 24.3 Å². The molecule has 12 nitrogen and oxygen atoms in total. The molecule has 3 heterocycles. The van der Waals surface area contributed by atoms with Gasteiger partial charge in [-0.2, -0.15) is 0 Å². The molecule has 3 atom stereocenters. The van der Waals surface area contributed by atoms with Crippen molar-refractivity contribution >= 4 is 23.8 Å². The van der Waals surface area contributed by atoms with Gasteiger partial charge in [0.15, 0.2) is 0 Å². The number of hydrogen-bond acceptors (Lipinski definition) is 7. The second kappa shape index (κ2) is 15.3. The monoisotopic (exact) mass is 666 g/mol. The molecule has 12 heteroatoms. The largest absolute Gasteiger partial charge is 0.508 e. The summed E-state index contributed by atoms with van der Waals surface area (Å²) in [6, 6.07) is 21.9. The molecule has 5 amide bonds. The summed E-state index contributed by atoms with van der Waals surface area (Å²) in [6.45, 7) is 5.61. The van der Waals surface area contributed by atoms with Gasteiger partial charge in [-0.25, -0.2) is 14.8 Å². The number of hydrogen-bond donors (Lipinski definition) is 3. The van der Waals surface area contributed by atoms with E-state index < -0.39 is 18.2 Å². The molecule has 3 saturated heterocycles. The zero-order valence-electron chi connectivity index (χ0n) is 27.4. The maximum Gasteiger partial charge on any atom is 0.334 e. The second-order valence-electron chi connectivity index (χ2n) is 12.6. The summed E-state index contributed by atoms with van der Waals surface area (Å²) in [5.41, 5.74) is 2.87. The number of hydrazine groups is 1. The Morgan fingerprint density at radius 3 is 2.47 bits per heavy atom. The molecule has 0 spiro atoms. The van der Waals surface area contributed by atoms with E-state index in [1.807, 2.05) is 36.4 Å². The summed E-state index contributed by atoms with van der Waals surface area (Å²) < 4.78 is 5.63. The predicted molar refractivity (Wildman–Crippen MR) is 182 cm³/mol. The Balaban J connectivity index is 1.28. The quantitative estimate of drug-likeness (QED) is 0.268. The number of carbonyl (C=O) groups excluding carboxylic acids is 4. The van der Waals surface area contributed by atoms with Gasteiger partial charge in [0.2, 0.25) is 11.8 Å². The average Bonchev–Trinajstić information content (AvgIpc) is 3.63. The fourth-order valence-corrected chi connectivity index (χ4v) is 6.70. The van der Waals surface area contributed by atoms with E-state index in [1.165, 1.54) is 9.91 Å². The van der Waals surface area contributed by atoms with E-state index in [2.05, 4.69) is 17.2 Å². The summed E-state index contributed by atoms with van der Waals surface area (Å²) in [7, 11) is 0. The molecular weight excluding hydrogens is 624 g/mol. The lowest BCUT2D eigenvalue weighted by Gasteiger charge is -2.55. The van der Waals surface area contributed by atoms with Gasteiger partial charge < -0.3 is 30.3 Å². The minimum atomic E-state index is -0.913. The Labute approximate surface area is 285 Å². The van der Waals surface area contributed by atoms with Crippen molar-refractivity contribution in [3.8, 4) is 5.75 Å². The molecule has 0 saturated carbocycles. The van der Waals surface area contributed by atoms with Gasteiger partial charge in [-0.05, 0) is 53.8 Å². The topological polar surface area (TPSA) is 135 Å². The van der Waals surface area contributed by atoms with Crippen LogP contribution in [0.4, 0.5) is 4.79 Å². The van der Waals surface area contributed by atoms with Gasteiger partial charge in [0.25, 0.3) is 5.91 Å². The molecule has 3 aliphatic rings. The van der Waals surface area contributed by atoms with E-state index in [1.54, 1.807) is 58.4 Å². The van der Waals surface area contributed by atoms with E-state index >= 15 is 0 Å². The van der Waals surface area contributed by atoms with Crippen molar-refractivity contribution in [2.75, 3.05) is 32.8 Å². The van der Waals surface area contributed by atoms with Crippen LogP contribution in [0.1, 0.15) is 39.9 Å². The Morgan fingerprint density at radius 1 is 0.959 bits per heavy atom. The van der Waals surface area contributed by atoms with Gasteiger partial charge in [0.05, 0.1) is 19.2 Å². The number of piperazine rings is 1. The molecule has 3 N–H and O–H groups in total. The lowest BCUT2D eigenvalue weighted by Crippen LogP contribution is -2.76. The number of phenolic OH excluding ortho intramolecular Hbond substituents is 1. The zero-order chi connectivity index (χ0) is 34.3. The summed E-state index contributed by atoms with van der Waals surface area (Å²) >= 11 is 0. The van der Waals surface area contributed by atoms with Crippen molar-refractivity contribution in [2.24, 2.45) is 0 Å². The molecule has 3 fully saturated rings. The molecule has 0 radical (unpaired) electrons. The van der Waals surface area contributed by atoms with Crippen LogP contribution in [0.3, 0.4) is 0 Å². The Bertz CT molecular complexity index is 1660. The maximum atomic E-state index is 14.3. The highest BCUT2D eigenvalue weighted by Crippen LogP contribution is 2.30. The molecule has 3 aromatic carbocycles. The molecule has 6 rings (SSSR count). The van der Waals surface area contributed by atoms with Crippen molar-refractivity contribution in [2.45, 2.75) is 50.7 Å². The van der Waals surface area contributed by atoms with E-state index in [0.717, 1.165) is 29.5 Å². The lowest BCUT2D eigenvalue weighted by atomic mass is 9.98. The van der Waals surface area contributed by atoms with Crippen molar-refractivity contribution in [1.29, 1.82) is 0 Å². The number of carbonyl (C=O) groups is 4. The minimum absolute atomic E-state index is 0.0123. The van der Waals surface area contributed by atoms with Crippen LogP contribution in [0.15, 0.2) is 91.5 Å². The number of fused-ring (bicyclic) bond motifs is 1. The third-order valence-electron chi connectivity index (χ3n) is 9.11. The summed E-state index contributed by atoms with van der Waals surface area (Å²) in [4.78, 5) is 58.3. The van der Waals surface area contributed by atoms with Crippen LogP contribution in [0.5, 0.6) is 5.75 Å². The van der Waals surface area contributed by atoms with Crippen molar-refractivity contribution in [3.63, 3.8) is 0 Å². The maximum absolute atomic E-state index is 14.3. The van der Waals surface area contributed by atoms with Crippen LogP contribution in [-0.2, 0) is 33.8 Å². The van der Waals surface area contributed by atoms with Crippen molar-refractivity contribution in [1.82, 2.24) is 30.5 Å². The first-order chi connectivity index (χ1) is 23.8. The van der Waals surface area contributed by atoms with Crippen LogP contribution in [-0.4, -0.2) is 99.8 Å². The minimum Gasteiger partial charge on any atom is -0.508 e. The van der Waals surface area contributed by atoms with E-state index in [-0.39, 0.29) is 68.7 Å². The van der Waals surface area contributed by atoms with Crippen LogP contribution in [0, 0.1) is 0 Å². The van der Waals surface area contributed by atoms with Gasteiger partial charge in [0.1, 0.15) is 18.0 Å². The van der Waals surface area contributed by atoms with Crippen molar-refractivity contribution in [3.05, 3.63) is 114 Å². The normalized spacial score (nSPS) is 21.0. The lowest BCUT2D eigenvalue weighted by molar-refractivity contribution is -0.189. The molecule has 3 aliphatic heterocycles. The number of nitrogens with zero attached hydrogens (tertiary/aromatic N) is 4. The van der Waals surface area contributed by atoms with Crippen LogP contribution >= 0.6 is 0 Å². The SMILES string of the molecule is C=CCN1CC(=O)N2C(Cc3ccc(O)cc3)C(=O)N(Cc3cccc(C(=O)NCC4CCCO4)c3)CC2N1C(=O)NCc1ccccc1. The number of ether oxygens (including phenoxy) is 1. The smallest absolute Gasteiger partial charge is 0.334 e. The van der Waals surface area contributed by atoms with E-state index in [4.69, 9.17) is 4.74 Å². The number of urea groups is 1. The highest BCUT2D eigenvalue weighted by atomic mass is 16.5. The number of rotatable bonds is 11. The Hall–Kier alpha value is -5.20. The summed E-state index contributed by atoms with van der Waals surface area (Å²) in [5, 5.41) is 19.0. The Morgan fingerprint density at radius 2 is 1.73 bits per heavy atom. The van der Waals surface area contributed by atoms with Gasteiger partial charge in [-0.15, -0.1) is 6.58 Å². The second-order valence-corrected chi connectivity index (χ2v) is 12.6. The fourth-order valence-electron chi connectivity index (χ4n) is 6.70. The van der Waals surface area contributed by atoms with Gasteiger partial charge >= 0.3 is 6.03 Å². The first-order valence-corrected chi connectivity index (χ1v) is 16.6. The molecule has 0 bridgehead atoms. The van der Waals surface area contributed by atoms with Crippen LogP contribution in [0.2, 0.25) is 0 Å². The zero-order valence-corrected chi connectivity index (χ0v) is 27.4. The third-order valence-corrected chi connectivity index (χ3v) is 9.11. The predicted octanol–water partition coefficient (Wildman–Crippen LogP) is 3.04. The first-order valence-electron chi connectivity index (χ1n) is 16.6. The molecule has 0 aliphatic carbocycles. The highest BCUT2D eigenvalue weighted by Gasteiger charge is 2.51. The van der Waals surface area contributed by atoms with Gasteiger partial charge in [0, 0.05) is 44.8 Å². The molecule has 3 aromatic rings. The third kappa shape index (κ3) is 7.93. The molecular formula is C37H42N6O6. The van der Waals surface area contributed by atoms with Gasteiger partial charge in [-0.1, -0.05) is 60.7 Å². The van der Waals surface area contributed by atoms with Gasteiger partial charge in [-0.3, -0.25) is 14.4 Å². The molecule has 256 valence electrons. The van der Waals surface area contributed by atoms with Crippen molar-refractivity contribution < 1.29 is 29.0 Å². The van der Waals surface area contributed by atoms with E-state index in [0.29, 0.717) is 18.7 Å². The average molecular weight is 667 g/mol. The highest BCUT2D eigenvalue weighted by molar-refractivity contribution is 5.94. The standard InChI is InChI=1S/C37H42N6O6/c1-2-17-41-25-34(45)42-32(20-26-13-15-30(44)16-14-26)36(47)40(24-33(42)43(41)37(48)39-21-27-8-4-3-5-9-27)23-28-10-6-11-29(19-28)35(46)38-22-31-12-7-18-49-31/h2-6,8-11,13-16,19,31-33,44H,1,7,12,17-18,20-25H2,(H,38,46)(H,39,48). The molecule has 3 unspecified atom stereocenters. The summed E-state index contributed by atoms with van der Waals surface area (Å²) in [6.07, 6.45) is 2.91. The molecule has 49 heavy (non-hydrogen) atoms. The fraction of sp³-hybridized carbons (Fsp3) is 0.351. The number of nitrogens with one attached hydrogen (secondary N) is 2. The number of aromatic hydroxyl groups is 1. The summed E-state index contributed by atoms with van der Waals surface area (Å²) in [5.74, 6) is -0.681. The first kappa shape index (κ1) is 33.7. The number of amides is 5. The number of benzene rings is 3. The Kier molecular flexibility index (Phi) is 10.6. The molecule has 0 aromatic heterocycles. The van der Waals surface area contributed by atoms with Crippen LogP contribution < -0.4 is 10.6 Å².